The van der Waals surface area contributed by atoms with Gasteiger partial charge in [0.1, 0.15) is 5.41 Å². The molecule has 0 spiro atoms. The zero-order valence-electron chi connectivity index (χ0n) is 9.33. The molecule has 0 heteroatoms. The van der Waals surface area contributed by atoms with Crippen molar-refractivity contribution in [2.45, 2.75) is 47.5 Å². The predicted molar refractivity (Wildman–Crippen MR) is 57.0 cm³/mol. The van der Waals surface area contributed by atoms with Crippen LogP contribution in [0.25, 0.3) is 0 Å². The minimum Gasteiger partial charge on any atom is -0.100 e. The highest BCUT2D eigenvalue weighted by Gasteiger charge is 2.29. The molecule has 0 aromatic heterocycles. The van der Waals surface area contributed by atoms with Crippen molar-refractivity contribution in [1.82, 2.24) is 0 Å². The maximum absolute atomic E-state index is 4.13. The molecule has 0 bridgehead atoms. The lowest BCUT2D eigenvalue weighted by Gasteiger charge is -2.28. The standard InChI is InChI=1S/C12H23/c1-10(2)8-12(6,7)9-11(3,4)5/h1,3,8-9H2,2,4-7H3/q+1. The van der Waals surface area contributed by atoms with Crippen molar-refractivity contribution in [3.8, 4) is 0 Å². The molecule has 0 aromatic rings. The predicted octanol–water partition coefficient (Wildman–Crippen LogP) is 4.23. The molecule has 0 saturated heterocycles. The molecule has 70 valence electrons. The molecule has 0 aromatic carbocycles. The van der Waals surface area contributed by atoms with Gasteiger partial charge in [0.05, 0.1) is 6.92 Å². The third kappa shape index (κ3) is 6.33. The van der Waals surface area contributed by atoms with Crippen LogP contribution in [0.5, 0.6) is 0 Å². The Hall–Kier alpha value is -0.390. The van der Waals surface area contributed by atoms with Crippen LogP contribution in [0.4, 0.5) is 0 Å². The molecule has 0 atom stereocenters. The Morgan fingerprint density at radius 3 is 1.92 bits per heavy atom. The van der Waals surface area contributed by atoms with Gasteiger partial charge in [0.15, 0.2) is 0 Å². The van der Waals surface area contributed by atoms with E-state index in [9.17, 15) is 0 Å². The summed E-state index contributed by atoms with van der Waals surface area (Å²) < 4.78 is 0. The molecule has 0 aliphatic heterocycles. The topological polar surface area (TPSA) is 0 Å². The molecule has 0 aliphatic rings. The van der Waals surface area contributed by atoms with Crippen molar-refractivity contribution in [2.75, 3.05) is 0 Å². The molecule has 0 aliphatic carbocycles. The Balaban J connectivity index is 4.13. The van der Waals surface area contributed by atoms with Gasteiger partial charge in [0.2, 0.25) is 0 Å². The lowest BCUT2D eigenvalue weighted by molar-refractivity contribution is 0.234. The Kier molecular flexibility index (Phi) is 3.44. The number of allylic oxidation sites excluding steroid dienone is 1. The van der Waals surface area contributed by atoms with E-state index in [-0.39, 0.29) is 5.41 Å². The fraction of sp³-hybridized carbons (Fsp3) is 0.750. The van der Waals surface area contributed by atoms with Gasteiger partial charge in [0, 0.05) is 0 Å². The van der Waals surface area contributed by atoms with Crippen LogP contribution in [-0.2, 0) is 0 Å². The zero-order chi connectivity index (χ0) is 9.99. The monoisotopic (exact) mass is 167 g/mol. The summed E-state index contributed by atoms with van der Waals surface area (Å²) in [4.78, 5) is 0. The molecule has 0 amide bonds. The fourth-order valence-corrected chi connectivity index (χ4v) is 2.17. The molecule has 0 rings (SSSR count). The quantitative estimate of drug-likeness (QED) is 0.434. The number of hydrogen-bond donors (Lipinski definition) is 0. The normalized spacial score (nSPS) is 13.1. The average Bonchev–Trinajstić information content (AvgIpc) is 1.48. The van der Waals surface area contributed by atoms with Crippen LogP contribution >= 0.6 is 0 Å². The average molecular weight is 167 g/mol. The van der Waals surface area contributed by atoms with Gasteiger partial charge in [-0.3, -0.25) is 0 Å². The smallest absolute Gasteiger partial charge is 0.100 e. The van der Waals surface area contributed by atoms with Gasteiger partial charge in [-0.15, -0.1) is 6.58 Å². The highest BCUT2D eigenvalue weighted by Crippen LogP contribution is 2.36. The van der Waals surface area contributed by atoms with E-state index in [0.29, 0.717) is 5.41 Å². The van der Waals surface area contributed by atoms with Gasteiger partial charge in [-0.1, -0.05) is 19.4 Å². The first-order chi connectivity index (χ1) is 5.12. The molecule has 0 heterocycles. The van der Waals surface area contributed by atoms with Crippen molar-refractivity contribution in [2.24, 2.45) is 10.8 Å². The van der Waals surface area contributed by atoms with Crippen LogP contribution in [-0.4, -0.2) is 0 Å². The van der Waals surface area contributed by atoms with Crippen LogP contribution < -0.4 is 0 Å². The van der Waals surface area contributed by atoms with E-state index < -0.39 is 0 Å². The molecular weight excluding hydrogens is 144 g/mol. The van der Waals surface area contributed by atoms with Crippen LogP contribution in [0, 0.1) is 17.8 Å². The lowest BCUT2D eigenvalue weighted by Crippen LogP contribution is -2.21. The highest BCUT2D eigenvalue weighted by atomic mass is 14.3. The van der Waals surface area contributed by atoms with Gasteiger partial charge in [-0.05, 0) is 39.0 Å². The second kappa shape index (κ2) is 3.55. The van der Waals surface area contributed by atoms with Gasteiger partial charge in [-0.25, -0.2) is 0 Å². The van der Waals surface area contributed by atoms with E-state index in [2.05, 4.69) is 48.1 Å². The van der Waals surface area contributed by atoms with Gasteiger partial charge < -0.3 is 0 Å². The first-order valence-electron chi connectivity index (χ1n) is 4.62. The van der Waals surface area contributed by atoms with Crippen LogP contribution in [0.2, 0.25) is 0 Å². The Bertz CT molecular complexity index is 155. The summed E-state index contributed by atoms with van der Waals surface area (Å²) in [5, 5.41) is 0. The maximum Gasteiger partial charge on any atom is 0.100 e. The van der Waals surface area contributed by atoms with Crippen molar-refractivity contribution < 1.29 is 0 Å². The molecule has 0 nitrogen and oxygen atoms in total. The summed E-state index contributed by atoms with van der Waals surface area (Å²) >= 11 is 0. The first-order valence-corrected chi connectivity index (χ1v) is 4.62. The Morgan fingerprint density at radius 1 is 1.25 bits per heavy atom. The summed E-state index contributed by atoms with van der Waals surface area (Å²) in [6, 6.07) is 0. The van der Waals surface area contributed by atoms with Crippen molar-refractivity contribution in [1.29, 1.82) is 0 Å². The van der Waals surface area contributed by atoms with E-state index >= 15 is 0 Å². The van der Waals surface area contributed by atoms with Crippen molar-refractivity contribution in [3.05, 3.63) is 19.1 Å². The van der Waals surface area contributed by atoms with Gasteiger partial charge in [-0.2, -0.15) is 0 Å². The fourth-order valence-electron chi connectivity index (χ4n) is 2.17. The lowest BCUT2D eigenvalue weighted by atomic mass is 9.73. The van der Waals surface area contributed by atoms with E-state index in [4.69, 9.17) is 0 Å². The summed E-state index contributed by atoms with van der Waals surface area (Å²) in [5.41, 5.74) is 1.79. The number of rotatable bonds is 4. The molecule has 0 fully saturated rings. The zero-order valence-corrected chi connectivity index (χ0v) is 9.33. The van der Waals surface area contributed by atoms with Crippen LogP contribution in [0.15, 0.2) is 12.2 Å². The SMILES string of the molecule is C=C(C)CC(C)(C)CC([CH2+])(C)C. The molecular formula is C12H23+. The van der Waals surface area contributed by atoms with Crippen molar-refractivity contribution in [3.63, 3.8) is 0 Å². The largest absolute Gasteiger partial charge is 0.100 e. The third-order valence-corrected chi connectivity index (χ3v) is 1.74. The van der Waals surface area contributed by atoms with E-state index in [0.717, 1.165) is 12.8 Å². The minimum absolute atomic E-state index is 0.180. The molecule has 0 saturated carbocycles. The van der Waals surface area contributed by atoms with Gasteiger partial charge in [0.25, 0.3) is 0 Å². The maximum atomic E-state index is 4.13. The Labute approximate surface area is 78.1 Å². The number of hydrogen-bond acceptors (Lipinski definition) is 0. The van der Waals surface area contributed by atoms with Crippen LogP contribution in [0.3, 0.4) is 0 Å². The summed E-state index contributed by atoms with van der Waals surface area (Å²) in [5.74, 6) is 0. The third-order valence-electron chi connectivity index (χ3n) is 1.74. The molecule has 0 radical (unpaired) electrons. The highest BCUT2D eigenvalue weighted by molar-refractivity contribution is 4.95. The molecule has 0 N–H and O–H groups in total. The minimum atomic E-state index is 0.180. The van der Waals surface area contributed by atoms with E-state index in [1.165, 1.54) is 5.57 Å². The van der Waals surface area contributed by atoms with Crippen LogP contribution in [0.1, 0.15) is 47.5 Å². The van der Waals surface area contributed by atoms with E-state index in [1.54, 1.807) is 0 Å². The summed E-state index contributed by atoms with van der Waals surface area (Å²) in [6.07, 6.45) is 2.25. The van der Waals surface area contributed by atoms with Crippen molar-refractivity contribution >= 4 is 0 Å². The Morgan fingerprint density at radius 2 is 1.67 bits per heavy atom. The van der Waals surface area contributed by atoms with E-state index in [1.807, 2.05) is 0 Å². The molecule has 12 heavy (non-hydrogen) atoms. The summed E-state index contributed by atoms with van der Waals surface area (Å²) in [6.45, 7) is 19.1. The summed E-state index contributed by atoms with van der Waals surface area (Å²) in [7, 11) is 0. The second-order valence-electron chi connectivity index (χ2n) is 5.64. The van der Waals surface area contributed by atoms with Gasteiger partial charge >= 0.3 is 0 Å². The first kappa shape index (κ1) is 11.6. The molecule has 0 unspecified atom stereocenters. The second-order valence-corrected chi connectivity index (χ2v) is 5.64.